The molecule has 0 aliphatic carbocycles. The van der Waals surface area contributed by atoms with Crippen molar-refractivity contribution >= 4 is 5.91 Å². The predicted octanol–water partition coefficient (Wildman–Crippen LogP) is 1.74. The summed E-state index contributed by atoms with van der Waals surface area (Å²) in [5, 5.41) is 17.0. The van der Waals surface area contributed by atoms with Gasteiger partial charge < -0.3 is 10.4 Å². The second-order valence-corrected chi connectivity index (χ2v) is 4.87. The minimum atomic E-state index is -0.821. The molecule has 0 bridgehead atoms. The molecule has 18 heavy (non-hydrogen) atoms. The minimum Gasteiger partial charge on any atom is -0.388 e. The zero-order chi connectivity index (χ0) is 13.8. The number of hydrogen-bond donors (Lipinski definition) is 2. The van der Waals surface area contributed by atoms with Crippen molar-refractivity contribution < 1.29 is 9.90 Å². The first kappa shape index (κ1) is 14.7. The van der Waals surface area contributed by atoms with E-state index in [2.05, 4.69) is 10.4 Å². The highest BCUT2D eigenvalue weighted by Gasteiger charge is 2.24. The molecule has 1 aromatic rings. The fourth-order valence-corrected chi connectivity index (χ4v) is 1.74. The summed E-state index contributed by atoms with van der Waals surface area (Å²) in [6, 6.07) is 1.82. The first-order valence-corrected chi connectivity index (χ1v) is 6.47. The Morgan fingerprint density at radius 1 is 1.50 bits per heavy atom. The molecule has 0 saturated carbocycles. The van der Waals surface area contributed by atoms with Crippen molar-refractivity contribution in [1.29, 1.82) is 0 Å². The van der Waals surface area contributed by atoms with Crippen LogP contribution in [0.3, 0.4) is 0 Å². The Labute approximate surface area is 108 Å². The lowest BCUT2D eigenvalue weighted by molar-refractivity contribution is 0.0312. The molecule has 1 amide bonds. The Morgan fingerprint density at radius 2 is 2.11 bits per heavy atom. The molecule has 0 unspecified atom stereocenters. The van der Waals surface area contributed by atoms with E-state index in [0.717, 1.165) is 0 Å². The van der Waals surface area contributed by atoms with Gasteiger partial charge in [0.15, 0.2) is 0 Å². The topological polar surface area (TPSA) is 67.2 Å². The number of rotatable bonds is 6. The summed E-state index contributed by atoms with van der Waals surface area (Å²) < 4.78 is 1.67. The maximum Gasteiger partial charge on any atom is 0.269 e. The number of amides is 1. The molecule has 0 aromatic carbocycles. The lowest BCUT2D eigenvalue weighted by Crippen LogP contribution is -2.42. The van der Waals surface area contributed by atoms with Gasteiger partial charge in [-0.3, -0.25) is 9.48 Å². The summed E-state index contributed by atoms with van der Waals surface area (Å²) in [5.74, 6) is -0.193. The Kier molecular flexibility index (Phi) is 4.90. The molecule has 0 fully saturated rings. The van der Waals surface area contributed by atoms with E-state index >= 15 is 0 Å². The van der Waals surface area contributed by atoms with Crippen LogP contribution in [-0.2, 0) is 0 Å². The second kappa shape index (κ2) is 6.00. The van der Waals surface area contributed by atoms with E-state index in [1.807, 2.05) is 27.7 Å². The summed E-state index contributed by atoms with van der Waals surface area (Å²) in [4.78, 5) is 12.0. The summed E-state index contributed by atoms with van der Waals surface area (Å²) >= 11 is 0. The van der Waals surface area contributed by atoms with Crippen molar-refractivity contribution in [2.24, 2.45) is 0 Å². The Hall–Kier alpha value is -1.36. The quantitative estimate of drug-likeness (QED) is 0.811. The number of aliphatic hydroxyl groups is 1. The van der Waals surface area contributed by atoms with Crippen LogP contribution >= 0.6 is 0 Å². The van der Waals surface area contributed by atoms with Crippen LogP contribution in [0.15, 0.2) is 12.3 Å². The van der Waals surface area contributed by atoms with Crippen molar-refractivity contribution in [3.05, 3.63) is 18.0 Å². The molecule has 1 rings (SSSR count). The molecular formula is C13H23N3O2. The highest BCUT2D eigenvalue weighted by atomic mass is 16.3. The lowest BCUT2D eigenvalue weighted by Gasteiger charge is -2.25. The van der Waals surface area contributed by atoms with E-state index < -0.39 is 5.60 Å². The van der Waals surface area contributed by atoms with Crippen LogP contribution in [0.5, 0.6) is 0 Å². The van der Waals surface area contributed by atoms with Gasteiger partial charge in [-0.15, -0.1) is 0 Å². The number of nitrogens with zero attached hydrogens (tertiary/aromatic N) is 2. The molecule has 0 spiro atoms. The SMILES string of the molecule is CCC(O)(CC)CNC(=O)c1ccnn1C(C)C. The molecule has 0 aliphatic heterocycles. The second-order valence-electron chi connectivity index (χ2n) is 4.87. The van der Waals surface area contributed by atoms with Gasteiger partial charge in [-0.1, -0.05) is 13.8 Å². The molecule has 102 valence electrons. The smallest absolute Gasteiger partial charge is 0.269 e. The molecule has 1 aromatic heterocycles. The fourth-order valence-electron chi connectivity index (χ4n) is 1.74. The number of aromatic nitrogens is 2. The molecule has 1 heterocycles. The minimum absolute atomic E-state index is 0.136. The van der Waals surface area contributed by atoms with E-state index in [4.69, 9.17) is 0 Å². The van der Waals surface area contributed by atoms with Crippen LogP contribution in [0.4, 0.5) is 0 Å². The maximum absolute atomic E-state index is 12.0. The number of hydrogen-bond acceptors (Lipinski definition) is 3. The van der Waals surface area contributed by atoms with Gasteiger partial charge in [0.2, 0.25) is 0 Å². The third kappa shape index (κ3) is 3.32. The third-order valence-electron chi connectivity index (χ3n) is 3.29. The normalized spacial score (nSPS) is 11.9. The summed E-state index contributed by atoms with van der Waals surface area (Å²) in [5.41, 5.74) is -0.294. The van der Waals surface area contributed by atoms with Crippen molar-refractivity contribution in [3.63, 3.8) is 0 Å². The van der Waals surface area contributed by atoms with Crippen LogP contribution in [0.2, 0.25) is 0 Å². The molecule has 0 atom stereocenters. The van der Waals surface area contributed by atoms with Gasteiger partial charge in [-0.2, -0.15) is 5.10 Å². The average Bonchev–Trinajstić information content (AvgIpc) is 2.85. The van der Waals surface area contributed by atoms with Gasteiger partial charge >= 0.3 is 0 Å². The van der Waals surface area contributed by atoms with E-state index in [0.29, 0.717) is 18.5 Å². The Balaban J connectivity index is 2.69. The zero-order valence-electron chi connectivity index (χ0n) is 11.6. The largest absolute Gasteiger partial charge is 0.388 e. The van der Waals surface area contributed by atoms with Crippen LogP contribution < -0.4 is 5.32 Å². The summed E-state index contributed by atoms with van der Waals surface area (Å²) in [7, 11) is 0. The summed E-state index contributed by atoms with van der Waals surface area (Å²) in [6.45, 7) is 8.03. The van der Waals surface area contributed by atoms with E-state index in [9.17, 15) is 9.90 Å². The highest BCUT2D eigenvalue weighted by Crippen LogP contribution is 2.13. The fraction of sp³-hybridized carbons (Fsp3) is 0.692. The summed E-state index contributed by atoms with van der Waals surface area (Å²) in [6.07, 6.45) is 2.85. The standard InChI is InChI=1S/C13H23N3O2/c1-5-13(18,6-2)9-14-12(17)11-7-8-15-16(11)10(3)4/h7-8,10,18H,5-6,9H2,1-4H3,(H,14,17). The first-order chi connectivity index (χ1) is 8.43. The van der Waals surface area contributed by atoms with Gasteiger partial charge in [-0.05, 0) is 32.8 Å². The maximum atomic E-state index is 12.0. The lowest BCUT2D eigenvalue weighted by atomic mass is 9.97. The van der Waals surface area contributed by atoms with E-state index in [1.165, 1.54) is 0 Å². The van der Waals surface area contributed by atoms with Gasteiger partial charge in [-0.25, -0.2) is 0 Å². The molecule has 5 heteroatoms. The number of carbonyl (C=O) groups is 1. The van der Waals surface area contributed by atoms with E-state index in [1.54, 1.807) is 16.9 Å². The molecular weight excluding hydrogens is 230 g/mol. The highest BCUT2D eigenvalue weighted by molar-refractivity contribution is 5.92. The van der Waals surface area contributed by atoms with Crippen LogP contribution in [-0.4, -0.2) is 32.9 Å². The molecule has 0 radical (unpaired) electrons. The zero-order valence-corrected chi connectivity index (χ0v) is 11.6. The van der Waals surface area contributed by atoms with Crippen LogP contribution in [0, 0.1) is 0 Å². The van der Waals surface area contributed by atoms with E-state index in [-0.39, 0.29) is 18.5 Å². The van der Waals surface area contributed by atoms with Crippen molar-refractivity contribution in [1.82, 2.24) is 15.1 Å². The van der Waals surface area contributed by atoms with Gasteiger partial charge in [0.1, 0.15) is 5.69 Å². The van der Waals surface area contributed by atoms with Gasteiger partial charge in [0.25, 0.3) is 5.91 Å². The van der Waals surface area contributed by atoms with Crippen molar-refractivity contribution in [2.45, 2.75) is 52.2 Å². The number of carbonyl (C=O) groups excluding carboxylic acids is 1. The Morgan fingerprint density at radius 3 is 2.61 bits per heavy atom. The molecule has 0 aliphatic rings. The predicted molar refractivity (Wildman–Crippen MR) is 70.5 cm³/mol. The monoisotopic (exact) mass is 253 g/mol. The van der Waals surface area contributed by atoms with Crippen LogP contribution in [0.25, 0.3) is 0 Å². The molecule has 0 saturated heterocycles. The van der Waals surface area contributed by atoms with Crippen molar-refractivity contribution in [2.75, 3.05) is 6.54 Å². The molecule has 5 nitrogen and oxygen atoms in total. The Bertz CT molecular complexity index is 395. The van der Waals surface area contributed by atoms with Crippen LogP contribution in [0.1, 0.15) is 57.1 Å². The first-order valence-electron chi connectivity index (χ1n) is 6.47. The molecule has 2 N–H and O–H groups in total. The number of nitrogens with one attached hydrogen (secondary N) is 1. The van der Waals surface area contributed by atoms with Gasteiger partial charge in [0.05, 0.1) is 5.60 Å². The van der Waals surface area contributed by atoms with Gasteiger partial charge in [0, 0.05) is 18.8 Å². The van der Waals surface area contributed by atoms with Crippen molar-refractivity contribution in [3.8, 4) is 0 Å². The average molecular weight is 253 g/mol. The third-order valence-corrected chi connectivity index (χ3v) is 3.29.